The van der Waals surface area contributed by atoms with E-state index in [9.17, 15) is 5.11 Å². The molecule has 0 radical (unpaired) electrons. The average molecular weight is 499 g/mol. The monoisotopic (exact) mass is 498 g/mol. The molecule has 0 amide bonds. The van der Waals surface area contributed by atoms with Crippen molar-refractivity contribution in [2.75, 3.05) is 0 Å². The Bertz CT molecular complexity index is 1210. The Labute approximate surface area is 214 Å². The number of benzene rings is 4. The summed E-state index contributed by atoms with van der Waals surface area (Å²) in [6.07, 6.45) is 3.21. The minimum Gasteiger partial charge on any atom is -0.507 e. The zero-order valence-electron chi connectivity index (χ0n) is 21.3. The van der Waals surface area contributed by atoms with E-state index in [1.54, 1.807) is 0 Å². The van der Waals surface area contributed by atoms with Crippen molar-refractivity contribution in [2.24, 2.45) is 0 Å². The van der Waals surface area contributed by atoms with Crippen molar-refractivity contribution in [3.8, 4) is 5.75 Å². The van der Waals surface area contributed by atoms with Gasteiger partial charge in [0.05, 0.1) is 0 Å². The van der Waals surface area contributed by atoms with E-state index in [0.717, 1.165) is 30.1 Å². The Morgan fingerprint density at radius 3 is 2.00 bits per heavy atom. The highest BCUT2D eigenvalue weighted by atomic mass is 31.1. The highest BCUT2D eigenvalue weighted by Crippen LogP contribution is 2.46. The van der Waals surface area contributed by atoms with Crippen molar-refractivity contribution in [3.63, 3.8) is 0 Å². The van der Waals surface area contributed by atoms with Gasteiger partial charge in [-0.05, 0) is 67.7 Å². The van der Waals surface area contributed by atoms with Gasteiger partial charge in [0, 0.05) is 17.4 Å². The Morgan fingerprint density at radius 1 is 0.771 bits per heavy atom. The summed E-state index contributed by atoms with van der Waals surface area (Å²) in [5, 5.41) is 15.3. The summed E-state index contributed by atoms with van der Waals surface area (Å²) in [5.41, 5.74) is 6.47. The summed E-state index contributed by atoms with van der Waals surface area (Å²) in [7, 11) is 0.128. The van der Waals surface area contributed by atoms with Crippen molar-refractivity contribution < 1.29 is 5.11 Å². The molecule has 2 unspecified atom stereocenters. The lowest BCUT2D eigenvalue weighted by atomic mass is 10.0. The zero-order valence-corrected chi connectivity index (χ0v) is 23.1. The van der Waals surface area contributed by atoms with Crippen LogP contribution in [0.5, 0.6) is 5.75 Å². The van der Waals surface area contributed by atoms with Gasteiger partial charge in [-0.15, -0.1) is 0 Å². The lowest BCUT2D eigenvalue weighted by Crippen LogP contribution is -2.17. The summed E-state index contributed by atoms with van der Waals surface area (Å²) in [5.74, 6) is 0.479. The van der Waals surface area contributed by atoms with Crippen LogP contribution in [0.25, 0.3) is 0 Å². The molecule has 1 nitrogen and oxygen atoms in total. The van der Waals surface area contributed by atoms with Gasteiger partial charge in [-0.2, -0.15) is 0 Å². The van der Waals surface area contributed by atoms with Crippen LogP contribution in [0.15, 0.2) is 91.0 Å². The molecule has 4 aromatic rings. The van der Waals surface area contributed by atoms with E-state index >= 15 is 0 Å². The number of hydrogen-bond donors (Lipinski definition) is 1. The lowest BCUT2D eigenvalue weighted by Gasteiger charge is -2.25. The maximum absolute atomic E-state index is 11.0. The van der Waals surface area contributed by atoms with Gasteiger partial charge in [0.1, 0.15) is 5.75 Å². The van der Waals surface area contributed by atoms with Gasteiger partial charge in [0.25, 0.3) is 0 Å². The third-order valence-corrected chi connectivity index (χ3v) is 11.0. The maximum atomic E-state index is 11.0. The lowest BCUT2D eigenvalue weighted by molar-refractivity contribution is 0.461. The van der Waals surface area contributed by atoms with E-state index in [1.807, 2.05) is 6.92 Å². The fourth-order valence-corrected chi connectivity index (χ4v) is 9.12. The average Bonchev–Trinajstić information content (AvgIpc) is 2.87. The van der Waals surface area contributed by atoms with Crippen molar-refractivity contribution in [3.05, 3.63) is 119 Å². The Hall–Kier alpha value is -2.46. The van der Waals surface area contributed by atoms with E-state index in [-0.39, 0.29) is 0 Å². The first-order valence-corrected chi connectivity index (χ1v) is 15.1. The van der Waals surface area contributed by atoms with Crippen molar-refractivity contribution in [1.29, 1.82) is 0 Å². The molecule has 0 spiro atoms. The number of rotatable bonds is 9. The van der Waals surface area contributed by atoms with Crippen LogP contribution in [0.4, 0.5) is 0 Å². The summed E-state index contributed by atoms with van der Waals surface area (Å²) >= 11 is 0. The van der Waals surface area contributed by atoms with E-state index in [4.69, 9.17) is 0 Å². The minimum absolute atomic E-state index is 0.332. The van der Waals surface area contributed by atoms with Crippen molar-refractivity contribution in [2.45, 2.75) is 52.4 Å². The molecule has 3 heteroatoms. The van der Waals surface area contributed by atoms with Crippen LogP contribution < -0.4 is 15.9 Å². The molecule has 0 aromatic heterocycles. The second kappa shape index (κ2) is 12.0. The van der Waals surface area contributed by atoms with Gasteiger partial charge in [0.2, 0.25) is 0 Å². The van der Waals surface area contributed by atoms with Gasteiger partial charge in [-0.1, -0.05) is 118 Å². The smallest absolute Gasteiger partial charge is 0.122 e. The molecule has 4 aromatic carbocycles. The van der Waals surface area contributed by atoms with Crippen LogP contribution in [-0.2, 0) is 6.16 Å². The molecule has 1 N–H and O–H groups in total. The number of phenols is 1. The van der Waals surface area contributed by atoms with Gasteiger partial charge in [-0.25, -0.2) is 0 Å². The van der Waals surface area contributed by atoms with E-state index in [0.29, 0.717) is 20.0 Å². The predicted octanol–water partition coefficient (Wildman–Crippen LogP) is 7.80. The molecule has 0 fully saturated rings. The van der Waals surface area contributed by atoms with Crippen molar-refractivity contribution >= 4 is 32.4 Å². The zero-order chi connectivity index (χ0) is 24.8. The number of phenolic OH excluding ortho intramolecular Hbond substituents is 1. The minimum atomic E-state index is -0.504. The molecular weight excluding hydrogens is 462 g/mol. The molecule has 0 heterocycles. The van der Waals surface area contributed by atoms with Crippen LogP contribution in [0.2, 0.25) is 0 Å². The molecular formula is C32H36OP2. The molecule has 0 saturated carbocycles. The van der Waals surface area contributed by atoms with Gasteiger partial charge < -0.3 is 5.11 Å². The first-order chi connectivity index (χ1) is 17.0. The Balaban J connectivity index is 1.74. The van der Waals surface area contributed by atoms with E-state index in [2.05, 4.69) is 112 Å². The SMILES string of the molecule is CCCC(Pc1c(C)cccc1CP(c1ccccc1)c1ccccc1)c1cc(C)cc(C)c1O. The second-order valence-corrected chi connectivity index (χ2v) is 13.1. The van der Waals surface area contributed by atoms with E-state index in [1.165, 1.54) is 32.6 Å². The van der Waals surface area contributed by atoms with E-state index < -0.39 is 7.92 Å². The maximum Gasteiger partial charge on any atom is 0.122 e. The summed E-state index contributed by atoms with van der Waals surface area (Å²) < 4.78 is 0. The fraction of sp³-hybridized carbons (Fsp3) is 0.250. The summed E-state index contributed by atoms with van der Waals surface area (Å²) in [6.45, 7) is 8.65. The third kappa shape index (κ3) is 6.22. The fourth-order valence-electron chi connectivity index (χ4n) is 4.81. The normalized spacial score (nSPS) is 12.5. The molecule has 0 aliphatic carbocycles. The quantitative estimate of drug-likeness (QED) is 0.234. The highest BCUT2D eigenvalue weighted by molar-refractivity contribution is 7.72. The molecule has 0 bridgehead atoms. The molecule has 2 atom stereocenters. The number of aryl methyl sites for hydroxylation is 3. The number of aromatic hydroxyl groups is 1. The molecule has 180 valence electrons. The molecule has 35 heavy (non-hydrogen) atoms. The Morgan fingerprint density at radius 2 is 1.40 bits per heavy atom. The first kappa shape index (κ1) is 25.6. The van der Waals surface area contributed by atoms with Gasteiger partial charge in [-0.3, -0.25) is 0 Å². The van der Waals surface area contributed by atoms with Crippen LogP contribution in [-0.4, -0.2) is 5.11 Å². The predicted molar refractivity (Wildman–Crippen MR) is 157 cm³/mol. The first-order valence-electron chi connectivity index (χ1n) is 12.5. The molecule has 0 aliphatic heterocycles. The van der Waals surface area contributed by atoms with Gasteiger partial charge in [0.15, 0.2) is 0 Å². The van der Waals surface area contributed by atoms with Crippen LogP contribution in [0.3, 0.4) is 0 Å². The van der Waals surface area contributed by atoms with Crippen LogP contribution in [0, 0.1) is 20.8 Å². The highest BCUT2D eigenvalue weighted by Gasteiger charge is 2.22. The van der Waals surface area contributed by atoms with Crippen LogP contribution >= 0.6 is 16.5 Å². The standard InChI is InChI=1S/C32H36OP2/c1-5-13-30(29-21-23(2)20-25(4)31(29)33)34-32-24(3)14-12-15-26(32)22-35(27-16-8-6-9-17-27)28-18-10-7-11-19-28/h6-12,14-21,30,33-34H,5,13,22H2,1-4H3. The summed E-state index contributed by atoms with van der Waals surface area (Å²) in [4.78, 5) is 0. The van der Waals surface area contributed by atoms with Crippen molar-refractivity contribution in [1.82, 2.24) is 0 Å². The Kier molecular flexibility index (Phi) is 8.78. The number of hydrogen-bond acceptors (Lipinski definition) is 1. The molecule has 0 aliphatic rings. The third-order valence-electron chi connectivity index (χ3n) is 6.57. The van der Waals surface area contributed by atoms with Crippen LogP contribution in [0.1, 0.15) is 53.2 Å². The largest absolute Gasteiger partial charge is 0.507 e. The topological polar surface area (TPSA) is 20.2 Å². The molecule has 0 saturated heterocycles. The van der Waals surface area contributed by atoms with Gasteiger partial charge >= 0.3 is 0 Å². The summed E-state index contributed by atoms with van der Waals surface area (Å²) in [6, 6.07) is 33.1. The molecule has 4 rings (SSSR count). The second-order valence-electron chi connectivity index (χ2n) is 9.37.